The number of carbonyl (C=O) groups is 1. The molecule has 30 heavy (non-hydrogen) atoms. The van der Waals surface area contributed by atoms with Crippen LogP contribution in [0, 0.1) is 12.7 Å². The molecule has 7 heteroatoms. The SMILES string of the molecule is CCNC(=O)c1cc(F)c(C)c(-c2ccc3c(-c4ccc(OC)nc4)n[nH]c3c2)c1. The van der Waals surface area contributed by atoms with E-state index in [1.807, 2.05) is 31.2 Å². The second kappa shape index (κ2) is 7.94. The fraction of sp³-hybridized carbons (Fsp3) is 0.174. The number of fused-ring (bicyclic) bond motifs is 1. The van der Waals surface area contributed by atoms with Crippen LogP contribution in [0.2, 0.25) is 0 Å². The molecule has 0 aliphatic rings. The van der Waals surface area contributed by atoms with Gasteiger partial charge in [-0.3, -0.25) is 9.89 Å². The van der Waals surface area contributed by atoms with Crippen molar-refractivity contribution in [3.8, 4) is 28.3 Å². The number of nitrogens with one attached hydrogen (secondary N) is 2. The third kappa shape index (κ3) is 3.50. The Morgan fingerprint density at radius 1 is 1.17 bits per heavy atom. The predicted molar refractivity (Wildman–Crippen MR) is 114 cm³/mol. The number of halogens is 1. The van der Waals surface area contributed by atoms with Crippen molar-refractivity contribution in [2.45, 2.75) is 13.8 Å². The van der Waals surface area contributed by atoms with Crippen molar-refractivity contribution in [1.82, 2.24) is 20.5 Å². The fourth-order valence-electron chi connectivity index (χ4n) is 3.42. The monoisotopic (exact) mass is 404 g/mol. The van der Waals surface area contributed by atoms with Crippen LogP contribution in [0.5, 0.6) is 5.88 Å². The lowest BCUT2D eigenvalue weighted by Crippen LogP contribution is -2.22. The van der Waals surface area contributed by atoms with Gasteiger partial charge in [0.2, 0.25) is 5.88 Å². The molecular formula is C23H21FN4O2. The van der Waals surface area contributed by atoms with E-state index in [0.717, 1.165) is 27.7 Å². The maximum absolute atomic E-state index is 14.5. The lowest BCUT2D eigenvalue weighted by atomic mass is 9.96. The number of benzene rings is 2. The molecule has 2 aromatic heterocycles. The Labute approximate surface area is 173 Å². The highest BCUT2D eigenvalue weighted by atomic mass is 19.1. The lowest BCUT2D eigenvalue weighted by Gasteiger charge is -2.11. The fourth-order valence-corrected chi connectivity index (χ4v) is 3.42. The molecule has 0 atom stereocenters. The number of nitrogens with zero attached hydrogens (tertiary/aromatic N) is 2. The highest BCUT2D eigenvalue weighted by Gasteiger charge is 2.15. The van der Waals surface area contributed by atoms with E-state index in [-0.39, 0.29) is 5.91 Å². The van der Waals surface area contributed by atoms with Gasteiger partial charge in [-0.25, -0.2) is 9.37 Å². The molecule has 0 saturated heterocycles. The summed E-state index contributed by atoms with van der Waals surface area (Å²) in [6.07, 6.45) is 1.71. The molecule has 4 rings (SSSR count). The number of methoxy groups -OCH3 is 1. The van der Waals surface area contributed by atoms with E-state index in [2.05, 4.69) is 20.5 Å². The highest BCUT2D eigenvalue weighted by Crippen LogP contribution is 2.32. The summed E-state index contributed by atoms with van der Waals surface area (Å²) in [7, 11) is 1.57. The molecule has 0 aliphatic carbocycles. The Bertz CT molecular complexity index is 1230. The van der Waals surface area contributed by atoms with Gasteiger partial charge >= 0.3 is 0 Å². The van der Waals surface area contributed by atoms with Crippen LogP contribution in [-0.2, 0) is 0 Å². The number of aromatic amines is 1. The number of amides is 1. The van der Waals surface area contributed by atoms with Crippen LogP contribution in [0.15, 0.2) is 48.7 Å². The van der Waals surface area contributed by atoms with Crippen molar-refractivity contribution in [1.29, 1.82) is 0 Å². The second-order valence-electron chi connectivity index (χ2n) is 6.91. The number of aromatic nitrogens is 3. The Morgan fingerprint density at radius 2 is 1.97 bits per heavy atom. The highest BCUT2D eigenvalue weighted by molar-refractivity contribution is 5.98. The van der Waals surface area contributed by atoms with Gasteiger partial charge < -0.3 is 10.1 Å². The molecule has 2 heterocycles. The van der Waals surface area contributed by atoms with Crippen LogP contribution >= 0.6 is 0 Å². The molecule has 0 radical (unpaired) electrons. The summed E-state index contributed by atoms with van der Waals surface area (Å²) in [5, 5.41) is 11.1. The van der Waals surface area contributed by atoms with Crippen LogP contribution < -0.4 is 10.1 Å². The van der Waals surface area contributed by atoms with Gasteiger partial charge in [-0.1, -0.05) is 6.07 Å². The van der Waals surface area contributed by atoms with E-state index in [1.165, 1.54) is 6.07 Å². The van der Waals surface area contributed by atoms with Gasteiger partial charge in [0.1, 0.15) is 11.5 Å². The van der Waals surface area contributed by atoms with E-state index in [1.54, 1.807) is 32.4 Å². The van der Waals surface area contributed by atoms with Crippen molar-refractivity contribution in [2.75, 3.05) is 13.7 Å². The van der Waals surface area contributed by atoms with Gasteiger partial charge in [0, 0.05) is 35.3 Å². The first-order valence-electron chi connectivity index (χ1n) is 9.59. The minimum atomic E-state index is -0.413. The summed E-state index contributed by atoms with van der Waals surface area (Å²) >= 11 is 0. The van der Waals surface area contributed by atoms with Crippen LogP contribution in [0.4, 0.5) is 4.39 Å². The number of ether oxygens (including phenoxy) is 1. The normalized spacial score (nSPS) is 10.9. The number of H-pyrrole nitrogens is 1. The molecule has 4 aromatic rings. The van der Waals surface area contributed by atoms with Crippen molar-refractivity contribution in [3.05, 3.63) is 65.6 Å². The molecule has 1 amide bonds. The molecule has 152 valence electrons. The zero-order valence-corrected chi connectivity index (χ0v) is 16.9. The standard InChI is InChI=1S/C23H21FN4O2/c1-4-25-23(29)16-9-18(13(2)19(24)10-16)14-5-7-17-20(11-14)27-28-22(17)15-6-8-21(30-3)26-12-15/h5-12H,4H2,1-3H3,(H,25,29)(H,27,28). The molecule has 0 aliphatic heterocycles. The maximum Gasteiger partial charge on any atom is 0.251 e. The minimum absolute atomic E-state index is 0.296. The lowest BCUT2D eigenvalue weighted by molar-refractivity contribution is 0.0955. The summed E-state index contributed by atoms with van der Waals surface area (Å²) in [6.45, 7) is 4.01. The molecule has 0 saturated carbocycles. The summed E-state index contributed by atoms with van der Waals surface area (Å²) < 4.78 is 19.6. The summed E-state index contributed by atoms with van der Waals surface area (Å²) in [5.41, 5.74) is 4.68. The zero-order chi connectivity index (χ0) is 21.3. The maximum atomic E-state index is 14.5. The van der Waals surface area contributed by atoms with Crippen molar-refractivity contribution in [3.63, 3.8) is 0 Å². The van der Waals surface area contributed by atoms with Crippen LogP contribution in [0.1, 0.15) is 22.8 Å². The van der Waals surface area contributed by atoms with E-state index in [0.29, 0.717) is 29.1 Å². The number of rotatable bonds is 5. The van der Waals surface area contributed by atoms with Gasteiger partial charge in [0.05, 0.1) is 12.6 Å². The molecule has 0 spiro atoms. The molecule has 0 bridgehead atoms. The average molecular weight is 404 g/mol. The number of carbonyl (C=O) groups excluding carboxylic acids is 1. The second-order valence-corrected chi connectivity index (χ2v) is 6.91. The first-order chi connectivity index (χ1) is 14.5. The average Bonchev–Trinajstić information content (AvgIpc) is 3.19. The molecular weight excluding hydrogens is 383 g/mol. The molecule has 2 N–H and O–H groups in total. The molecule has 6 nitrogen and oxygen atoms in total. The Morgan fingerprint density at radius 3 is 2.67 bits per heavy atom. The van der Waals surface area contributed by atoms with Crippen molar-refractivity contribution >= 4 is 16.8 Å². The zero-order valence-electron chi connectivity index (χ0n) is 16.9. The van der Waals surface area contributed by atoms with Gasteiger partial charge in [-0.05, 0) is 60.9 Å². The van der Waals surface area contributed by atoms with E-state index >= 15 is 0 Å². The predicted octanol–water partition coefficient (Wildman–Crippen LogP) is 4.50. The number of hydrogen-bond acceptors (Lipinski definition) is 4. The topological polar surface area (TPSA) is 79.9 Å². The largest absolute Gasteiger partial charge is 0.481 e. The van der Waals surface area contributed by atoms with Crippen LogP contribution in [0.25, 0.3) is 33.3 Å². The quantitative estimate of drug-likeness (QED) is 0.513. The van der Waals surface area contributed by atoms with Gasteiger partial charge in [-0.2, -0.15) is 5.10 Å². The van der Waals surface area contributed by atoms with Gasteiger partial charge in [0.25, 0.3) is 5.91 Å². The first-order valence-corrected chi connectivity index (χ1v) is 9.59. The van der Waals surface area contributed by atoms with E-state index < -0.39 is 5.82 Å². The third-order valence-corrected chi connectivity index (χ3v) is 5.04. The summed E-state index contributed by atoms with van der Waals surface area (Å²) in [4.78, 5) is 16.4. The smallest absolute Gasteiger partial charge is 0.251 e. The first kappa shape index (κ1) is 19.6. The summed E-state index contributed by atoms with van der Waals surface area (Å²) in [6, 6.07) is 12.4. The number of pyridine rings is 1. The van der Waals surface area contributed by atoms with Gasteiger partial charge in [-0.15, -0.1) is 0 Å². The summed E-state index contributed by atoms with van der Waals surface area (Å²) in [5.74, 6) is -0.177. The van der Waals surface area contributed by atoms with Gasteiger partial charge in [0.15, 0.2) is 0 Å². The van der Waals surface area contributed by atoms with Crippen LogP contribution in [0.3, 0.4) is 0 Å². The van der Waals surface area contributed by atoms with E-state index in [4.69, 9.17) is 4.74 Å². The third-order valence-electron chi connectivity index (χ3n) is 5.04. The molecule has 0 fully saturated rings. The number of hydrogen-bond donors (Lipinski definition) is 2. The van der Waals surface area contributed by atoms with Crippen molar-refractivity contribution in [2.24, 2.45) is 0 Å². The molecule has 2 aromatic carbocycles. The van der Waals surface area contributed by atoms with Crippen molar-refractivity contribution < 1.29 is 13.9 Å². The Balaban J connectivity index is 1.77. The Kier molecular flexibility index (Phi) is 5.18. The van der Waals surface area contributed by atoms with E-state index in [9.17, 15) is 9.18 Å². The van der Waals surface area contributed by atoms with Crippen LogP contribution in [-0.4, -0.2) is 34.7 Å². The minimum Gasteiger partial charge on any atom is -0.481 e. The molecule has 0 unspecified atom stereocenters. The Hall–Kier alpha value is -3.74.